The lowest BCUT2D eigenvalue weighted by molar-refractivity contribution is 0.858. The van der Waals surface area contributed by atoms with Crippen LogP contribution in [0.2, 0.25) is 0 Å². The number of nitrogens with zero attached hydrogens (tertiary/aromatic N) is 2. The zero-order valence-corrected chi connectivity index (χ0v) is 15.5. The summed E-state index contributed by atoms with van der Waals surface area (Å²) in [5.41, 5.74) is 8.11. The quantitative estimate of drug-likeness (QED) is 0.474. The first-order valence-corrected chi connectivity index (χ1v) is 9.32. The summed E-state index contributed by atoms with van der Waals surface area (Å²) < 4.78 is 0. The molecule has 0 radical (unpaired) electrons. The van der Waals surface area contributed by atoms with E-state index < -0.39 is 0 Å². The number of hydrogen-bond donors (Lipinski definition) is 1. The number of anilines is 2. The summed E-state index contributed by atoms with van der Waals surface area (Å²) in [6.07, 6.45) is 4.47. The maximum Gasteiger partial charge on any atom is 0.138 e. The molecule has 1 aromatic heterocycles. The van der Waals surface area contributed by atoms with E-state index in [2.05, 4.69) is 84.4 Å². The Kier molecular flexibility index (Phi) is 3.61. The number of benzene rings is 3. The smallest absolute Gasteiger partial charge is 0.138 e. The highest BCUT2D eigenvalue weighted by Crippen LogP contribution is 2.37. The maximum atomic E-state index is 4.76. The van der Waals surface area contributed by atoms with E-state index in [1.54, 1.807) is 0 Å². The summed E-state index contributed by atoms with van der Waals surface area (Å²) >= 11 is 0. The monoisotopic (exact) mass is 351 g/mol. The molecule has 0 bridgehead atoms. The van der Waals surface area contributed by atoms with Crippen LogP contribution in [0.15, 0.2) is 72.8 Å². The molecule has 132 valence electrons. The van der Waals surface area contributed by atoms with Crippen LogP contribution >= 0.6 is 0 Å². The largest absolute Gasteiger partial charge is 0.338 e. The van der Waals surface area contributed by atoms with Crippen LogP contribution in [0.1, 0.15) is 18.1 Å². The van der Waals surface area contributed by atoms with Crippen molar-refractivity contribution in [1.29, 1.82) is 0 Å². The second-order valence-corrected chi connectivity index (χ2v) is 7.18. The fraction of sp³-hybridized carbons (Fsp3) is 0.125. The highest BCUT2D eigenvalue weighted by Gasteiger charge is 2.21. The molecule has 1 unspecified atom stereocenters. The number of fused-ring (bicyclic) bond motifs is 2. The van der Waals surface area contributed by atoms with Gasteiger partial charge in [-0.2, -0.15) is 0 Å². The van der Waals surface area contributed by atoms with Crippen LogP contribution in [0.4, 0.5) is 11.4 Å². The molecule has 0 fully saturated rings. The fourth-order valence-electron chi connectivity index (χ4n) is 3.81. The van der Waals surface area contributed by atoms with Crippen molar-refractivity contribution in [2.45, 2.75) is 19.9 Å². The zero-order valence-electron chi connectivity index (χ0n) is 15.5. The Labute approximate surface area is 159 Å². The lowest BCUT2D eigenvalue weighted by atomic mass is 10.0. The summed E-state index contributed by atoms with van der Waals surface area (Å²) in [4.78, 5) is 10.6. The van der Waals surface area contributed by atoms with Crippen LogP contribution in [0.3, 0.4) is 0 Å². The van der Waals surface area contributed by atoms with Crippen LogP contribution in [0.25, 0.3) is 28.5 Å². The number of aromatic nitrogens is 2. The number of aromatic amines is 1. The molecule has 3 heteroatoms. The molecule has 0 saturated carbocycles. The van der Waals surface area contributed by atoms with Crippen molar-refractivity contribution in [1.82, 2.24) is 9.97 Å². The number of aryl methyl sites for hydroxylation is 1. The van der Waals surface area contributed by atoms with E-state index in [0.717, 1.165) is 22.4 Å². The van der Waals surface area contributed by atoms with Gasteiger partial charge in [-0.1, -0.05) is 54.6 Å². The van der Waals surface area contributed by atoms with E-state index in [-0.39, 0.29) is 0 Å². The number of rotatable bonds is 2. The third kappa shape index (κ3) is 2.72. The SMILES string of the molecule is Cc1ccc2c(c1)N(c1ccc3nc(-c4ccccc4)[nH]c3c1)C(C)C=C2. The minimum atomic E-state index is 0.299. The molecule has 0 spiro atoms. The summed E-state index contributed by atoms with van der Waals surface area (Å²) in [5, 5.41) is 0. The molecule has 0 aliphatic carbocycles. The van der Waals surface area contributed by atoms with Crippen molar-refractivity contribution in [2.24, 2.45) is 0 Å². The van der Waals surface area contributed by atoms with Gasteiger partial charge < -0.3 is 9.88 Å². The Morgan fingerprint density at radius 2 is 1.81 bits per heavy atom. The Morgan fingerprint density at radius 3 is 2.67 bits per heavy atom. The second kappa shape index (κ2) is 6.13. The molecule has 3 nitrogen and oxygen atoms in total. The molecule has 4 aromatic rings. The van der Waals surface area contributed by atoms with Gasteiger partial charge in [-0.15, -0.1) is 0 Å². The van der Waals surface area contributed by atoms with E-state index in [9.17, 15) is 0 Å². The van der Waals surface area contributed by atoms with E-state index >= 15 is 0 Å². The highest BCUT2D eigenvalue weighted by atomic mass is 15.2. The Hall–Kier alpha value is -3.33. The van der Waals surface area contributed by atoms with Gasteiger partial charge >= 0.3 is 0 Å². The Bertz CT molecular complexity index is 1150. The summed E-state index contributed by atoms with van der Waals surface area (Å²) in [5.74, 6) is 0.908. The highest BCUT2D eigenvalue weighted by molar-refractivity contribution is 5.86. The van der Waals surface area contributed by atoms with E-state index in [1.807, 2.05) is 18.2 Å². The molecule has 1 aliphatic heterocycles. The summed E-state index contributed by atoms with van der Waals surface area (Å²) in [7, 11) is 0. The van der Waals surface area contributed by atoms with Crippen molar-refractivity contribution in [3.63, 3.8) is 0 Å². The van der Waals surface area contributed by atoms with Gasteiger partial charge in [-0.25, -0.2) is 4.98 Å². The van der Waals surface area contributed by atoms with Gasteiger partial charge in [0.05, 0.1) is 11.0 Å². The van der Waals surface area contributed by atoms with Crippen LogP contribution in [-0.4, -0.2) is 16.0 Å². The molecule has 5 rings (SSSR count). The summed E-state index contributed by atoms with van der Waals surface area (Å²) in [6.45, 7) is 4.37. The first-order chi connectivity index (χ1) is 13.2. The first kappa shape index (κ1) is 15.9. The number of imidazole rings is 1. The summed E-state index contributed by atoms with van der Waals surface area (Å²) in [6, 6.07) is 23.7. The normalized spacial score (nSPS) is 15.9. The van der Waals surface area contributed by atoms with Gasteiger partial charge in [-0.3, -0.25) is 0 Å². The molecule has 3 aromatic carbocycles. The average Bonchev–Trinajstić information content (AvgIpc) is 3.12. The van der Waals surface area contributed by atoms with Crippen molar-refractivity contribution >= 4 is 28.5 Å². The third-order valence-corrected chi connectivity index (χ3v) is 5.20. The van der Waals surface area contributed by atoms with E-state index in [4.69, 9.17) is 4.98 Å². The van der Waals surface area contributed by atoms with Gasteiger partial charge in [-0.05, 0) is 49.2 Å². The zero-order chi connectivity index (χ0) is 18.4. The van der Waals surface area contributed by atoms with Gasteiger partial charge in [0.25, 0.3) is 0 Å². The minimum Gasteiger partial charge on any atom is -0.338 e. The lowest BCUT2D eigenvalue weighted by Crippen LogP contribution is -2.29. The molecule has 0 saturated heterocycles. The second-order valence-electron chi connectivity index (χ2n) is 7.18. The van der Waals surface area contributed by atoms with Crippen molar-refractivity contribution in [2.75, 3.05) is 4.90 Å². The van der Waals surface area contributed by atoms with E-state index in [1.165, 1.54) is 22.5 Å². The van der Waals surface area contributed by atoms with Crippen molar-refractivity contribution < 1.29 is 0 Å². The standard InChI is InChI=1S/C24H21N3/c1-16-8-10-18-11-9-17(2)27(23(18)14-16)20-12-13-21-22(15-20)26-24(25-21)19-6-4-3-5-7-19/h3-15,17H,1-2H3,(H,25,26). The third-order valence-electron chi connectivity index (χ3n) is 5.20. The minimum absolute atomic E-state index is 0.299. The predicted octanol–water partition coefficient (Wildman–Crippen LogP) is 6.09. The van der Waals surface area contributed by atoms with E-state index in [0.29, 0.717) is 6.04 Å². The molecule has 0 amide bonds. The van der Waals surface area contributed by atoms with Gasteiger partial charge in [0.1, 0.15) is 5.82 Å². The van der Waals surface area contributed by atoms with Gasteiger partial charge in [0, 0.05) is 23.0 Å². The molecular weight excluding hydrogens is 330 g/mol. The number of H-pyrrole nitrogens is 1. The topological polar surface area (TPSA) is 31.9 Å². The molecule has 1 atom stereocenters. The molecule has 1 N–H and O–H groups in total. The molecule has 1 aliphatic rings. The maximum absolute atomic E-state index is 4.76. The van der Waals surface area contributed by atoms with Crippen molar-refractivity contribution in [3.05, 3.63) is 83.9 Å². The van der Waals surface area contributed by atoms with Crippen LogP contribution in [0.5, 0.6) is 0 Å². The van der Waals surface area contributed by atoms with Crippen LogP contribution in [-0.2, 0) is 0 Å². The molecule has 27 heavy (non-hydrogen) atoms. The molecule has 2 heterocycles. The predicted molar refractivity (Wildman–Crippen MR) is 113 cm³/mol. The van der Waals surface area contributed by atoms with Gasteiger partial charge in [0.15, 0.2) is 0 Å². The van der Waals surface area contributed by atoms with Crippen LogP contribution < -0.4 is 4.90 Å². The van der Waals surface area contributed by atoms with Crippen LogP contribution in [0, 0.1) is 6.92 Å². The average molecular weight is 351 g/mol. The number of hydrogen-bond acceptors (Lipinski definition) is 2. The fourth-order valence-corrected chi connectivity index (χ4v) is 3.81. The Morgan fingerprint density at radius 1 is 0.963 bits per heavy atom. The number of nitrogens with one attached hydrogen (secondary N) is 1. The van der Waals surface area contributed by atoms with Crippen molar-refractivity contribution in [3.8, 4) is 11.4 Å². The van der Waals surface area contributed by atoms with Gasteiger partial charge in [0.2, 0.25) is 0 Å². The lowest BCUT2D eigenvalue weighted by Gasteiger charge is -2.34. The first-order valence-electron chi connectivity index (χ1n) is 9.32. The Balaban J connectivity index is 1.61. The molecular formula is C24H21N3.